The quantitative estimate of drug-likeness (QED) is 0.692. The number of imide groups is 1. The first-order valence-electron chi connectivity index (χ1n) is 6.56. The summed E-state index contributed by atoms with van der Waals surface area (Å²) in [4.78, 5) is 27.3. The molecule has 1 aliphatic heterocycles. The zero-order chi connectivity index (χ0) is 14.5. The zero-order valence-corrected chi connectivity index (χ0v) is 11.1. The molecule has 108 valence electrons. The Labute approximate surface area is 117 Å². The van der Waals surface area contributed by atoms with Gasteiger partial charge in [-0.1, -0.05) is 18.2 Å². The second kappa shape index (κ2) is 6.60. The number of carbonyl (C=O) groups is 2. The molecule has 1 aromatic carbocycles. The third-order valence-corrected chi connectivity index (χ3v) is 3.35. The van der Waals surface area contributed by atoms with Gasteiger partial charge in [-0.2, -0.15) is 0 Å². The van der Waals surface area contributed by atoms with Gasteiger partial charge in [0.15, 0.2) is 0 Å². The van der Waals surface area contributed by atoms with Gasteiger partial charge in [0.2, 0.25) is 5.91 Å². The van der Waals surface area contributed by atoms with Crippen molar-refractivity contribution in [2.24, 2.45) is 0 Å². The van der Waals surface area contributed by atoms with Gasteiger partial charge in [0.25, 0.3) is 5.91 Å². The fraction of sp³-hybridized carbons (Fsp3) is 0.429. The average Bonchev–Trinajstić information content (AvgIpc) is 2.75. The number of anilines is 1. The number of benzene rings is 1. The van der Waals surface area contributed by atoms with Gasteiger partial charge in [0.05, 0.1) is 31.4 Å². The Hall–Kier alpha value is -1.76. The molecule has 0 saturated carbocycles. The highest BCUT2D eigenvalue weighted by molar-refractivity contribution is 6.22. The van der Waals surface area contributed by atoms with Crippen molar-refractivity contribution in [1.82, 2.24) is 4.90 Å². The third-order valence-electron chi connectivity index (χ3n) is 3.35. The molecule has 20 heavy (non-hydrogen) atoms. The molecule has 0 radical (unpaired) electrons. The van der Waals surface area contributed by atoms with E-state index in [4.69, 9.17) is 10.2 Å². The molecule has 0 spiro atoms. The number of hydrogen-bond acceptors (Lipinski definition) is 5. The van der Waals surface area contributed by atoms with Crippen LogP contribution < -0.4 is 4.90 Å². The second-order valence-electron chi connectivity index (χ2n) is 4.61. The van der Waals surface area contributed by atoms with E-state index >= 15 is 0 Å². The summed E-state index contributed by atoms with van der Waals surface area (Å²) in [6.45, 7) is 0.270. The predicted molar refractivity (Wildman–Crippen MR) is 73.1 cm³/mol. The fourth-order valence-electron chi connectivity index (χ4n) is 2.43. The number of carbonyl (C=O) groups excluding carboxylic acids is 2. The lowest BCUT2D eigenvalue weighted by atomic mass is 10.2. The Balaban J connectivity index is 2.19. The maximum absolute atomic E-state index is 12.4. The molecule has 0 aromatic heterocycles. The van der Waals surface area contributed by atoms with Gasteiger partial charge in [0.1, 0.15) is 0 Å². The van der Waals surface area contributed by atoms with E-state index in [2.05, 4.69) is 0 Å². The summed E-state index contributed by atoms with van der Waals surface area (Å²) in [5.41, 5.74) is 0.554. The molecular formula is C14H18N2O4. The van der Waals surface area contributed by atoms with Gasteiger partial charge in [-0.3, -0.25) is 14.5 Å². The summed E-state index contributed by atoms with van der Waals surface area (Å²) in [6.07, 6.45) is 0.0771. The predicted octanol–water partition coefficient (Wildman–Crippen LogP) is -0.395. The van der Waals surface area contributed by atoms with Crippen molar-refractivity contribution < 1.29 is 19.8 Å². The van der Waals surface area contributed by atoms with Crippen molar-refractivity contribution in [3.63, 3.8) is 0 Å². The standard InChI is InChI=1S/C14H18N2O4/c17-8-6-15(7-9-18)12-10-13(19)16(14(12)20)11-4-2-1-3-5-11/h1-5,12,17-18H,6-10H2. The van der Waals surface area contributed by atoms with E-state index in [0.717, 1.165) is 0 Å². The molecule has 6 heteroatoms. The summed E-state index contributed by atoms with van der Waals surface area (Å²) < 4.78 is 0. The Morgan fingerprint density at radius 2 is 1.70 bits per heavy atom. The van der Waals surface area contributed by atoms with Crippen LogP contribution in [0.5, 0.6) is 0 Å². The number of nitrogens with zero attached hydrogens (tertiary/aromatic N) is 2. The second-order valence-corrected chi connectivity index (χ2v) is 4.61. The molecule has 0 aliphatic carbocycles. The minimum atomic E-state index is -0.609. The number of aliphatic hydroxyl groups is 2. The maximum atomic E-state index is 12.4. The molecule has 1 aliphatic rings. The van der Waals surface area contributed by atoms with Gasteiger partial charge in [-0.25, -0.2) is 4.90 Å². The minimum Gasteiger partial charge on any atom is -0.395 e. The van der Waals surface area contributed by atoms with Crippen LogP contribution in [0.3, 0.4) is 0 Å². The van der Waals surface area contributed by atoms with Gasteiger partial charge >= 0.3 is 0 Å². The summed E-state index contributed by atoms with van der Waals surface area (Å²) in [5, 5.41) is 18.1. The Morgan fingerprint density at radius 3 is 2.25 bits per heavy atom. The fourth-order valence-corrected chi connectivity index (χ4v) is 2.43. The molecule has 1 unspecified atom stereocenters. The van der Waals surface area contributed by atoms with Crippen molar-refractivity contribution in [2.45, 2.75) is 12.5 Å². The van der Waals surface area contributed by atoms with Gasteiger partial charge in [0, 0.05) is 13.1 Å². The van der Waals surface area contributed by atoms with Crippen LogP contribution in [-0.4, -0.2) is 59.3 Å². The van der Waals surface area contributed by atoms with Crippen molar-refractivity contribution in [3.05, 3.63) is 30.3 Å². The van der Waals surface area contributed by atoms with Crippen molar-refractivity contribution in [3.8, 4) is 0 Å². The molecule has 1 heterocycles. The van der Waals surface area contributed by atoms with Crippen LogP contribution in [0.25, 0.3) is 0 Å². The Kier molecular flexibility index (Phi) is 4.84. The molecule has 2 N–H and O–H groups in total. The molecule has 2 amide bonds. The topological polar surface area (TPSA) is 81.1 Å². The van der Waals surface area contributed by atoms with Crippen LogP contribution in [0, 0.1) is 0 Å². The van der Waals surface area contributed by atoms with E-state index < -0.39 is 6.04 Å². The zero-order valence-electron chi connectivity index (χ0n) is 11.1. The highest BCUT2D eigenvalue weighted by atomic mass is 16.3. The van der Waals surface area contributed by atoms with Gasteiger partial charge in [-0.05, 0) is 12.1 Å². The molecule has 1 aromatic rings. The van der Waals surface area contributed by atoms with Gasteiger partial charge in [-0.15, -0.1) is 0 Å². The third kappa shape index (κ3) is 2.87. The number of amides is 2. The van der Waals surface area contributed by atoms with Gasteiger partial charge < -0.3 is 10.2 Å². The lowest BCUT2D eigenvalue weighted by Gasteiger charge is -2.25. The van der Waals surface area contributed by atoms with Crippen molar-refractivity contribution in [2.75, 3.05) is 31.2 Å². The number of para-hydroxylation sites is 1. The smallest absolute Gasteiger partial charge is 0.251 e. The van der Waals surface area contributed by atoms with E-state index in [0.29, 0.717) is 5.69 Å². The number of rotatable bonds is 6. The SMILES string of the molecule is O=C1CC(N(CCO)CCO)C(=O)N1c1ccccc1. The first-order chi connectivity index (χ1) is 9.69. The van der Waals surface area contributed by atoms with Crippen molar-refractivity contribution in [1.29, 1.82) is 0 Å². The Morgan fingerprint density at radius 1 is 1.10 bits per heavy atom. The van der Waals surface area contributed by atoms with E-state index in [-0.39, 0.29) is 44.5 Å². The summed E-state index contributed by atoms with van der Waals surface area (Å²) in [6, 6.07) is 8.16. The van der Waals surface area contributed by atoms with Crippen LogP contribution in [0.4, 0.5) is 5.69 Å². The number of hydrogen-bond donors (Lipinski definition) is 2. The normalized spacial score (nSPS) is 19.1. The monoisotopic (exact) mass is 278 g/mol. The van der Waals surface area contributed by atoms with Crippen LogP contribution in [0.2, 0.25) is 0 Å². The maximum Gasteiger partial charge on any atom is 0.251 e. The van der Waals surface area contributed by atoms with E-state index in [1.165, 1.54) is 4.90 Å². The summed E-state index contributed by atoms with van der Waals surface area (Å²) >= 11 is 0. The van der Waals surface area contributed by atoms with Crippen LogP contribution in [-0.2, 0) is 9.59 Å². The van der Waals surface area contributed by atoms with E-state index in [1.807, 2.05) is 6.07 Å². The highest BCUT2D eigenvalue weighted by Crippen LogP contribution is 2.25. The lowest BCUT2D eigenvalue weighted by molar-refractivity contribution is -0.123. The largest absolute Gasteiger partial charge is 0.395 e. The average molecular weight is 278 g/mol. The molecule has 1 fully saturated rings. The van der Waals surface area contributed by atoms with E-state index in [9.17, 15) is 9.59 Å². The van der Waals surface area contributed by atoms with Crippen LogP contribution in [0.15, 0.2) is 30.3 Å². The van der Waals surface area contributed by atoms with Crippen molar-refractivity contribution >= 4 is 17.5 Å². The minimum absolute atomic E-state index is 0.0771. The molecule has 6 nitrogen and oxygen atoms in total. The first kappa shape index (κ1) is 14.6. The lowest BCUT2D eigenvalue weighted by Crippen LogP contribution is -2.44. The molecule has 1 saturated heterocycles. The summed E-state index contributed by atoms with van der Waals surface area (Å²) in [7, 11) is 0. The number of aliphatic hydroxyl groups excluding tert-OH is 2. The summed E-state index contributed by atoms with van der Waals surface area (Å²) in [5.74, 6) is -0.560. The molecule has 2 rings (SSSR count). The van der Waals surface area contributed by atoms with Crippen LogP contribution in [0.1, 0.15) is 6.42 Å². The first-order valence-corrected chi connectivity index (χ1v) is 6.56. The molecular weight excluding hydrogens is 260 g/mol. The Bertz CT molecular complexity index is 471. The highest BCUT2D eigenvalue weighted by Gasteiger charge is 2.42. The molecule has 0 bridgehead atoms. The van der Waals surface area contributed by atoms with E-state index in [1.54, 1.807) is 29.2 Å². The van der Waals surface area contributed by atoms with Crippen LogP contribution >= 0.6 is 0 Å². The molecule has 1 atom stereocenters.